The average molecular weight is 345 g/mol. The minimum absolute atomic E-state index is 0.0919. The first kappa shape index (κ1) is 15.0. The Kier molecular flexibility index (Phi) is 5.29. The molecule has 0 aromatic heterocycles. The lowest BCUT2D eigenvalue weighted by molar-refractivity contribution is 0.0952. The van der Waals surface area contributed by atoms with Crippen LogP contribution < -0.4 is 5.43 Å². The molecular formula is C16H13BrN2O2. The van der Waals surface area contributed by atoms with Crippen LogP contribution in [0.25, 0.3) is 6.08 Å². The fourth-order valence-corrected chi connectivity index (χ4v) is 1.97. The molecule has 4 nitrogen and oxygen atoms in total. The molecule has 0 fully saturated rings. The van der Waals surface area contributed by atoms with Gasteiger partial charge in [-0.05, 0) is 29.8 Å². The predicted octanol–water partition coefficient (Wildman–Crippen LogP) is 3.58. The molecule has 1 amide bonds. The molecule has 0 bridgehead atoms. The molecule has 0 aliphatic carbocycles. The van der Waals surface area contributed by atoms with Crippen LogP contribution in [0.1, 0.15) is 15.9 Å². The molecule has 0 radical (unpaired) electrons. The molecule has 2 aromatic rings. The van der Waals surface area contributed by atoms with E-state index in [1.807, 2.05) is 36.4 Å². The van der Waals surface area contributed by atoms with Gasteiger partial charge in [-0.3, -0.25) is 4.79 Å². The summed E-state index contributed by atoms with van der Waals surface area (Å²) in [5.74, 6) is -0.566. The van der Waals surface area contributed by atoms with Crippen LogP contribution in [0.3, 0.4) is 0 Å². The molecule has 2 aromatic carbocycles. The number of halogens is 1. The van der Waals surface area contributed by atoms with Crippen LogP contribution in [0.4, 0.5) is 0 Å². The summed E-state index contributed by atoms with van der Waals surface area (Å²) in [7, 11) is 0. The molecule has 0 spiro atoms. The summed E-state index contributed by atoms with van der Waals surface area (Å²) in [6.45, 7) is 0. The number of hydrogen-bond donors (Lipinski definition) is 2. The van der Waals surface area contributed by atoms with Crippen LogP contribution in [0, 0.1) is 0 Å². The zero-order valence-electron chi connectivity index (χ0n) is 11.0. The van der Waals surface area contributed by atoms with Gasteiger partial charge in [0.2, 0.25) is 0 Å². The summed E-state index contributed by atoms with van der Waals surface area (Å²) in [4.78, 5) is 11.8. The number of amides is 1. The highest BCUT2D eigenvalue weighted by molar-refractivity contribution is 9.10. The standard InChI is InChI=1S/C16H13BrN2O2/c17-13-8-9-15(20)14(11-13)16(21)19-18-10-4-7-12-5-2-1-3-6-12/h1-11,20H,(H,19,21)/b7-4+,18-10+. The Balaban J connectivity index is 1.93. The van der Waals surface area contributed by atoms with Gasteiger partial charge in [0.15, 0.2) is 0 Å². The van der Waals surface area contributed by atoms with Crippen molar-refractivity contribution in [2.75, 3.05) is 0 Å². The van der Waals surface area contributed by atoms with E-state index in [2.05, 4.69) is 26.5 Å². The number of nitrogens with zero attached hydrogens (tertiary/aromatic N) is 1. The number of aromatic hydroxyl groups is 1. The second-order valence-electron chi connectivity index (χ2n) is 4.15. The van der Waals surface area contributed by atoms with Crippen molar-refractivity contribution in [2.45, 2.75) is 0 Å². The van der Waals surface area contributed by atoms with Gasteiger partial charge in [-0.15, -0.1) is 0 Å². The summed E-state index contributed by atoms with van der Waals surface area (Å²) in [6.07, 6.45) is 5.06. The zero-order valence-corrected chi connectivity index (χ0v) is 12.6. The van der Waals surface area contributed by atoms with Crippen molar-refractivity contribution in [3.8, 4) is 5.75 Å². The van der Waals surface area contributed by atoms with Gasteiger partial charge in [-0.2, -0.15) is 5.10 Å². The first-order valence-corrected chi connectivity index (χ1v) is 7.00. The van der Waals surface area contributed by atoms with E-state index in [1.165, 1.54) is 18.3 Å². The summed E-state index contributed by atoms with van der Waals surface area (Å²) in [5, 5.41) is 13.4. The number of phenols is 1. The largest absolute Gasteiger partial charge is 0.507 e. The molecule has 0 saturated heterocycles. The van der Waals surface area contributed by atoms with Crippen molar-refractivity contribution in [3.05, 3.63) is 70.2 Å². The molecule has 2 rings (SSSR count). The highest BCUT2D eigenvalue weighted by Gasteiger charge is 2.10. The minimum atomic E-state index is -0.474. The van der Waals surface area contributed by atoms with E-state index in [4.69, 9.17) is 0 Å². The number of carbonyl (C=O) groups excluding carboxylic acids is 1. The van der Waals surface area contributed by atoms with Gasteiger partial charge < -0.3 is 5.11 Å². The molecular weight excluding hydrogens is 332 g/mol. The maximum Gasteiger partial charge on any atom is 0.275 e. The molecule has 2 N–H and O–H groups in total. The Labute approximate surface area is 130 Å². The second-order valence-corrected chi connectivity index (χ2v) is 5.07. The Bertz CT molecular complexity index is 682. The number of rotatable bonds is 4. The Morgan fingerprint density at radius 1 is 1.19 bits per heavy atom. The van der Waals surface area contributed by atoms with Crippen LogP contribution in [-0.2, 0) is 0 Å². The Hall–Kier alpha value is -2.40. The lowest BCUT2D eigenvalue weighted by atomic mass is 10.2. The summed E-state index contributed by atoms with van der Waals surface area (Å²) < 4.78 is 0.707. The number of hydrazone groups is 1. The maximum absolute atomic E-state index is 11.8. The minimum Gasteiger partial charge on any atom is -0.507 e. The van der Waals surface area contributed by atoms with Crippen LogP contribution >= 0.6 is 15.9 Å². The average Bonchev–Trinajstić information content (AvgIpc) is 2.50. The molecule has 0 heterocycles. The van der Waals surface area contributed by atoms with E-state index in [9.17, 15) is 9.90 Å². The predicted molar refractivity (Wildman–Crippen MR) is 87.2 cm³/mol. The molecule has 0 aliphatic rings. The van der Waals surface area contributed by atoms with E-state index in [-0.39, 0.29) is 11.3 Å². The molecule has 5 heteroatoms. The zero-order chi connectivity index (χ0) is 15.1. The molecule has 106 valence electrons. The van der Waals surface area contributed by atoms with Crippen molar-refractivity contribution in [1.29, 1.82) is 0 Å². The number of carbonyl (C=O) groups is 1. The van der Waals surface area contributed by atoms with Crippen LogP contribution in [-0.4, -0.2) is 17.2 Å². The summed E-state index contributed by atoms with van der Waals surface area (Å²) >= 11 is 3.24. The third-order valence-corrected chi connectivity index (χ3v) is 3.11. The summed E-state index contributed by atoms with van der Waals surface area (Å²) in [6, 6.07) is 14.4. The van der Waals surface area contributed by atoms with Gasteiger partial charge in [-0.1, -0.05) is 52.3 Å². The first-order chi connectivity index (χ1) is 10.2. The van der Waals surface area contributed by atoms with Gasteiger partial charge in [0.25, 0.3) is 5.91 Å². The van der Waals surface area contributed by atoms with E-state index < -0.39 is 5.91 Å². The van der Waals surface area contributed by atoms with Gasteiger partial charge in [-0.25, -0.2) is 5.43 Å². The number of phenolic OH excluding ortho intramolecular Hbond substituents is 1. The van der Waals surface area contributed by atoms with Crippen molar-refractivity contribution in [2.24, 2.45) is 5.10 Å². The molecule has 0 aliphatic heterocycles. The monoisotopic (exact) mass is 344 g/mol. The SMILES string of the molecule is O=C(N/N=C/C=C/c1ccccc1)c1cc(Br)ccc1O. The first-order valence-electron chi connectivity index (χ1n) is 6.20. The summed E-state index contributed by atoms with van der Waals surface area (Å²) in [5.41, 5.74) is 3.55. The third kappa shape index (κ3) is 4.57. The Morgan fingerprint density at radius 2 is 1.95 bits per heavy atom. The molecule has 21 heavy (non-hydrogen) atoms. The Morgan fingerprint density at radius 3 is 2.71 bits per heavy atom. The smallest absolute Gasteiger partial charge is 0.275 e. The van der Waals surface area contributed by atoms with E-state index >= 15 is 0 Å². The number of allylic oxidation sites excluding steroid dienone is 1. The highest BCUT2D eigenvalue weighted by atomic mass is 79.9. The molecule has 0 atom stereocenters. The lowest BCUT2D eigenvalue weighted by Gasteiger charge is -2.02. The topological polar surface area (TPSA) is 61.7 Å². The van der Waals surface area contributed by atoms with Crippen molar-refractivity contribution >= 4 is 34.1 Å². The fraction of sp³-hybridized carbons (Fsp3) is 0. The maximum atomic E-state index is 11.8. The fourth-order valence-electron chi connectivity index (χ4n) is 1.61. The highest BCUT2D eigenvalue weighted by Crippen LogP contribution is 2.21. The van der Waals surface area contributed by atoms with Gasteiger partial charge in [0, 0.05) is 10.7 Å². The van der Waals surface area contributed by atoms with E-state index in [0.717, 1.165) is 5.56 Å². The molecule has 0 saturated carbocycles. The van der Waals surface area contributed by atoms with Crippen LogP contribution in [0.15, 0.2) is 64.2 Å². The van der Waals surface area contributed by atoms with Crippen LogP contribution in [0.2, 0.25) is 0 Å². The van der Waals surface area contributed by atoms with Gasteiger partial charge in [0.1, 0.15) is 5.75 Å². The quantitative estimate of drug-likeness (QED) is 0.657. The van der Waals surface area contributed by atoms with E-state index in [0.29, 0.717) is 4.47 Å². The van der Waals surface area contributed by atoms with Gasteiger partial charge in [0.05, 0.1) is 5.56 Å². The van der Waals surface area contributed by atoms with Crippen molar-refractivity contribution in [3.63, 3.8) is 0 Å². The van der Waals surface area contributed by atoms with Crippen molar-refractivity contribution < 1.29 is 9.90 Å². The van der Waals surface area contributed by atoms with Gasteiger partial charge >= 0.3 is 0 Å². The van der Waals surface area contributed by atoms with Crippen molar-refractivity contribution in [1.82, 2.24) is 5.43 Å². The lowest BCUT2D eigenvalue weighted by Crippen LogP contribution is -2.17. The number of benzene rings is 2. The number of nitrogens with one attached hydrogen (secondary N) is 1. The normalized spacial score (nSPS) is 11.1. The van der Waals surface area contributed by atoms with Crippen LogP contribution in [0.5, 0.6) is 5.75 Å². The van der Waals surface area contributed by atoms with E-state index in [1.54, 1.807) is 12.1 Å². The third-order valence-electron chi connectivity index (χ3n) is 2.62. The second kappa shape index (κ2) is 7.40. The molecule has 0 unspecified atom stereocenters. The number of hydrogen-bond acceptors (Lipinski definition) is 3.